The third kappa shape index (κ3) is 2.75. The molecule has 2 nitrogen and oxygen atoms in total. The summed E-state index contributed by atoms with van der Waals surface area (Å²) in [6.07, 6.45) is 11.4. The molecule has 2 N–H and O–H groups in total. The van der Waals surface area contributed by atoms with E-state index in [0.29, 0.717) is 0 Å². The standard InChI is InChI=1S/C15H22.2C2H6O.CH4/c1-2-10-11(3-1)13-7-12(10)14-8-4-5-9(6-8)15(13)14;2*1-2-3;/h8-15H,1-7H2;2*3H,2H2,1H3;1H4. The lowest BCUT2D eigenvalue weighted by molar-refractivity contribution is 0.0716. The van der Waals surface area contributed by atoms with E-state index in [9.17, 15) is 0 Å². The van der Waals surface area contributed by atoms with Crippen LogP contribution in [0, 0.1) is 47.3 Å². The highest BCUT2D eigenvalue weighted by molar-refractivity contribution is 5.14. The van der Waals surface area contributed by atoms with Crippen molar-refractivity contribution in [3.05, 3.63) is 0 Å². The Morgan fingerprint density at radius 1 is 0.682 bits per heavy atom. The molecule has 5 aliphatic carbocycles. The molecule has 0 radical (unpaired) electrons. The Morgan fingerprint density at radius 3 is 1.50 bits per heavy atom. The monoisotopic (exact) mass is 310 g/mol. The van der Waals surface area contributed by atoms with Crippen LogP contribution in [-0.2, 0) is 0 Å². The fraction of sp³-hybridized carbons (Fsp3) is 1.00. The van der Waals surface area contributed by atoms with Gasteiger partial charge < -0.3 is 10.2 Å². The highest BCUT2D eigenvalue weighted by Crippen LogP contribution is 2.72. The Hall–Kier alpha value is -0.0800. The molecule has 5 aliphatic rings. The lowest BCUT2D eigenvalue weighted by Crippen LogP contribution is -2.35. The van der Waals surface area contributed by atoms with Crippen LogP contribution in [0.3, 0.4) is 0 Å². The second kappa shape index (κ2) is 7.66. The Morgan fingerprint density at radius 2 is 1.09 bits per heavy atom. The van der Waals surface area contributed by atoms with Crippen LogP contribution in [0.1, 0.15) is 66.2 Å². The van der Waals surface area contributed by atoms with Crippen LogP contribution >= 0.6 is 0 Å². The third-order valence-corrected chi connectivity index (χ3v) is 7.30. The second-order valence-electron chi connectivity index (χ2n) is 7.94. The lowest BCUT2D eigenvalue weighted by atomic mass is 9.64. The maximum absolute atomic E-state index is 7.57. The van der Waals surface area contributed by atoms with E-state index in [1.807, 2.05) is 0 Å². The predicted molar refractivity (Wildman–Crippen MR) is 92.5 cm³/mol. The van der Waals surface area contributed by atoms with E-state index in [0.717, 1.165) is 0 Å². The van der Waals surface area contributed by atoms with E-state index < -0.39 is 0 Å². The Labute approximate surface area is 137 Å². The molecule has 4 bridgehead atoms. The van der Waals surface area contributed by atoms with Crippen molar-refractivity contribution in [2.45, 2.75) is 66.2 Å². The molecule has 2 heteroatoms. The predicted octanol–water partition coefficient (Wildman–Crippen LogP) is 4.35. The van der Waals surface area contributed by atoms with Crippen LogP contribution in [0.25, 0.3) is 0 Å². The first-order chi connectivity index (χ1) is 10.3. The first-order valence-corrected chi connectivity index (χ1v) is 9.48. The van der Waals surface area contributed by atoms with Crippen LogP contribution in [0.2, 0.25) is 0 Å². The van der Waals surface area contributed by atoms with Crippen LogP contribution in [0.15, 0.2) is 0 Å². The topological polar surface area (TPSA) is 40.5 Å². The molecule has 8 atom stereocenters. The average Bonchev–Trinajstić information content (AvgIpc) is 3.24. The zero-order chi connectivity index (χ0) is 15.0. The van der Waals surface area contributed by atoms with Gasteiger partial charge in [-0.3, -0.25) is 0 Å². The third-order valence-electron chi connectivity index (χ3n) is 7.30. The van der Waals surface area contributed by atoms with E-state index in [1.54, 1.807) is 58.8 Å². The van der Waals surface area contributed by atoms with Gasteiger partial charge in [-0.25, -0.2) is 0 Å². The van der Waals surface area contributed by atoms with Crippen molar-refractivity contribution in [3.8, 4) is 0 Å². The number of fused-ring (bicyclic) bond motifs is 12. The van der Waals surface area contributed by atoms with Crippen molar-refractivity contribution < 1.29 is 10.2 Å². The van der Waals surface area contributed by atoms with Gasteiger partial charge in [0.05, 0.1) is 0 Å². The minimum absolute atomic E-state index is 0. The molecule has 5 rings (SSSR count). The molecular weight excluding hydrogens is 272 g/mol. The molecule has 0 aromatic rings. The SMILES string of the molecule is C.C1CC2C(C1)C1CC2C2C3CCC(C3)C12.CCO.CCO. The summed E-state index contributed by atoms with van der Waals surface area (Å²) in [5.41, 5.74) is 0. The summed E-state index contributed by atoms with van der Waals surface area (Å²) in [6, 6.07) is 0. The Bertz CT molecular complexity index is 313. The fourth-order valence-corrected chi connectivity index (χ4v) is 7.28. The molecule has 8 unspecified atom stereocenters. The average molecular weight is 311 g/mol. The van der Waals surface area contributed by atoms with Crippen LogP contribution < -0.4 is 0 Å². The molecule has 0 heterocycles. The summed E-state index contributed by atoms with van der Waals surface area (Å²) in [6.45, 7) is 3.86. The summed E-state index contributed by atoms with van der Waals surface area (Å²) in [5.74, 6) is 9.78. The molecule has 0 aromatic carbocycles. The van der Waals surface area contributed by atoms with Gasteiger partial charge >= 0.3 is 0 Å². The largest absolute Gasteiger partial charge is 0.397 e. The van der Waals surface area contributed by atoms with Gasteiger partial charge in [0.1, 0.15) is 0 Å². The number of hydrogen-bond acceptors (Lipinski definition) is 2. The van der Waals surface area contributed by atoms with Gasteiger partial charge in [-0.1, -0.05) is 13.8 Å². The van der Waals surface area contributed by atoms with Crippen molar-refractivity contribution >= 4 is 0 Å². The molecule has 5 saturated carbocycles. The number of aliphatic hydroxyl groups excluding tert-OH is 2. The second-order valence-corrected chi connectivity index (χ2v) is 7.94. The van der Waals surface area contributed by atoms with Crippen molar-refractivity contribution in [2.24, 2.45) is 47.3 Å². The zero-order valence-electron chi connectivity index (χ0n) is 13.9. The van der Waals surface area contributed by atoms with E-state index in [4.69, 9.17) is 10.2 Å². The quantitative estimate of drug-likeness (QED) is 0.653. The van der Waals surface area contributed by atoms with Crippen molar-refractivity contribution in [1.29, 1.82) is 0 Å². The molecular formula is C20H38O2. The van der Waals surface area contributed by atoms with Crippen LogP contribution in [0.4, 0.5) is 0 Å². The van der Waals surface area contributed by atoms with Gasteiger partial charge in [-0.15, -0.1) is 0 Å². The lowest BCUT2D eigenvalue weighted by Gasteiger charge is -2.40. The van der Waals surface area contributed by atoms with Crippen molar-refractivity contribution in [2.75, 3.05) is 13.2 Å². The molecule has 130 valence electrons. The first kappa shape index (κ1) is 18.3. The normalized spacial score (nSPS) is 48.5. The van der Waals surface area contributed by atoms with E-state index in [2.05, 4.69) is 0 Å². The van der Waals surface area contributed by atoms with Crippen molar-refractivity contribution in [3.63, 3.8) is 0 Å². The number of hydrogen-bond donors (Lipinski definition) is 2. The summed E-state index contributed by atoms with van der Waals surface area (Å²) in [7, 11) is 0. The molecule has 0 aliphatic heterocycles. The van der Waals surface area contributed by atoms with Crippen molar-refractivity contribution in [1.82, 2.24) is 0 Å². The molecule has 5 fully saturated rings. The fourth-order valence-electron chi connectivity index (χ4n) is 7.28. The minimum atomic E-state index is 0. The minimum Gasteiger partial charge on any atom is -0.397 e. The molecule has 0 spiro atoms. The smallest absolute Gasteiger partial charge is 0.0402 e. The highest BCUT2D eigenvalue weighted by atomic mass is 16.3. The summed E-state index contributed by atoms with van der Waals surface area (Å²) in [5, 5.41) is 15.1. The number of aliphatic hydroxyl groups is 2. The van der Waals surface area contributed by atoms with Gasteiger partial charge in [0, 0.05) is 13.2 Å². The maximum atomic E-state index is 7.57. The molecule has 0 saturated heterocycles. The summed E-state index contributed by atoms with van der Waals surface area (Å²) in [4.78, 5) is 0. The maximum Gasteiger partial charge on any atom is 0.0402 e. The molecule has 0 amide bonds. The zero-order valence-corrected chi connectivity index (χ0v) is 13.9. The van der Waals surface area contributed by atoms with Crippen LogP contribution in [0.5, 0.6) is 0 Å². The molecule has 22 heavy (non-hydrogen) atoms. The summed E-state index contributed by atoms with van der Waals surface area (Å²) >= 11 is 0. The molecule has 0 aromatic heterocycles. The van der Waals surface area contributed by atoms with Gasteiger partial charge in [-0.05, 0) is 99.7 Å². The highest BCUT2D eigenvalue weighted by Gasteiger charge is 2.65. The van der Waals surface area contributed by atoms with Crippen LogP contribution in [-0.4, -0.2) is 23.4 Å². The Balaban J connectivity index is 0.000000224. The van der Waals surface area contributed by atoms with E-state index >= 15 is 0 Å². The van der Waals surface area contributed by atoms with Gasteiger partial charge in [-0.2, -0.15) is 0 Å². The van der Waals surface area contributed by atoms with E-state index in [-0.39, 0.29) is 20.6 Å². The van der Waals surface area contributed by atoms with Gasteiger partial charge in [0.25, 0.3) is 0 Å². The summed E-state index contributed by atoms with van der Waals surface area (Å²) < 4.78 is 0. The Kier molecular flexibility index (Phi) is 6.36. The van der Waals surface area contributed by atoms with Gasteiger partial charge in [0.2, 0.25) is 0 Å². The first-order valence-electron chi connectivity index (χ1n) is 9.48. The number of rotatable bonds is 0. The van der Waals surface area contributed by atoms with E-state index in [1.165, 1.54) is 47.3 Å². The van der Waals surface area contributed by atoms with Gasteiger partial charge in [0.15, 0.2) is 0 Å².